The molecule has 1 heterocycles. The number of nitro benzene ring substituents is 1. The van der Waals surface area contributed by atoms with Crippen molar-refractivity contribution in [2.24, 2.45) is 0 Å². The third-order valence-electron chi connectivity index (χ3n) is 7.34. The van der Waals surface area contributed by atoms with E-state index in [4.69, 9.17) is 4.98 Å². The van der Waals surface area contributed by atoms with Gasteiger partial charge in [0.1, 0.15) is 5.82 Å². The second-order valence-electron chi connectivity index (χ2n) is 9.65. The molecule has 7 aromatic rings. The van der Waals surface area contributed by atoms with Gasteiger partial charge >= 0.3 is 0 Å². The summed E-state index contributed by atoms with van der Waals surface area (Å²) in [5.74, 6) is 0.885. The maximum absolute atomic E-state index is 11.7. The van der Waals surface area contributed by atoms with Gasteiger partial charge in [0.05, 0.1) is 21.5 Å². The number of rotatable bonds is 5. The van der Waals surface area contributed by atoms with Crippen LogP contribution < -0.4 is 0 Å². The van der Waals surface area contributed by atoms with Crippen LogP contribution in [0.2, 0.25) is 0 Å². The average molecular weight is 518 g/mol. The van der Waals surface area contributed by atoms with E-state index in [1.165, 1.54) is 0 Å². The molecule has 0 aliphatic heterocycles. The van der Waals surface area contributed by atoms with Gasteiger partial charge in [0.15, 0.2) is 0 Å². The van der Waals surface area contributed by atoms with E-state index in [0.29, 0.717) is 5.56 Å². The Hall–Kier alpha value is -5.55. The molecule has 7 rings (SSSR count). The average Bonchev–Trinajstić information content (AvgIpc) is 3.41. The maximum atomic E-state index is 11.7. The van der Waals surface area contributed by atoms with Gasteiger partial charge in [0.2, 0.25) is 0 Å². The fraction of sp³-hybridized carbons (Fsp3) is 0. The molecule has 0 N–H and O–H groups in total. The molecule has 40 heavy (non-hydrogen) atoms. The zero-order valence-corrected chi connectivity index (χ0v) is 21.4. The molecular formula is C35H23N3O2. The summed E-state index contributed by atoms with van der Waals surface area (Å²) in [6.45, 7) is 0. The minimum Gasteiger partial charge on any atom is -0.292 e. The Morgan fingerprint density at radius 2 is 1.15 bits per heavy atom. The standard InChI is InChI=1S/C35H23N3O2/c39-38(40)33-16-8-6-14-31(33)30-23-22-27(28-12-4-5-13-29(28)30)24-18-20-25(21-19-24)35-36-32-15-7-9-17-34(32)37(35)26-10-2-1-3-11-26/h1-23H. The molecule has 190 valence electrons. The normalized spacial score (nSPS) is 11.2. The summed E-state index contributed by atoms with van der Waals surface area (Å²) < 4.78 is 2.20. The zero-order chi connectivity index (χ0) is 27.1. The second-order valence-corrected chi connectivity index (χ2v) is 9.65. The molecule has 0 spiro atoms. The molecule has 0 atom stereocenters. The summed E-state index contributed by atoms with van der Waals surface area (Å²) >= 11 is 0. The van der Waals surface area contributed by atoms with E-state index in [0.717, 1.165) is 55.6 Å². The highest BCUT2D eigenvalue weighted by molar-refractivity contribution is 6.06. The predicted octanol–water partition coefficient (Wildman–Crippen LogP) is 9.09. The summed E-state index contributed by atoms with van der Waals surface area (Å²) in [4.78, 5) is 16.4. The maximum Gasteiger partial charge on any atom is 0.277 e. The second kappa shape index (κ2) is 9.64. The first-order chi connectivity index (χ1) is 19.7. The van der Waals surface area contributed by atoms with Gasteiger partial charge in [-0.05, 0) is 57.8 Å². The van der Waals surface area contributed by atoms with Crippen LogP contribution in [0.1, 0.15) is 0 Å². The van der Waals surface area contributed by atoms with Gasteiger partial charge in [-0.25, -0.2) is 4.98 Å². The molecule has 0 saturated carbocycles. The lowest BCUT2D eigenvalue weighted by Crippen LogP contribution is -1.97. The van der Waals surface area contributed by atoms with Gasteiger partial charge < -0.3 is 0 Å². The lowest BCUT2D eigenvalue weighted by atomic mass is 9.91. The number of nitrogens with zero attached hydrogens (tertiary/aromatic N) is 3. The third-order valence-corrected chi connectivity index (χ3v) is 7.34. The molecule has 5 nitrogen and oxygen atoms in total. The Labute approximate surface area is 230 Å². The van der Waals surface area contributed by atoms with Crippen LogP contribution in [0.3, 0.4) is 0 Å². The minimum atomic E-state index is -0.320. The summed E-state index contributed by atoms with van der Waals surface area (Å²) in [6, 6.07) is 46.0. The largest absolute Gasteiger partial charge is 0.292 e. The van der Waals surface area contributed by atoms with Crippen molar-refractivity contribution in [3.05, 3.63) is 150 Å². The molecule has 0 radical (unpaired) electrons. The van der Waals surface area contributed by atoms with E-state index < -0.39 is 0 Å². The van der Waals surface area contributed by atoms with Crippen LogP contribution in [-0.4, -0.2) is 14.5 Å². The first-order valence-electron chi connectivity index (χ1n) is 13.1. The van der Waals surface area contributed by atoms with Crippen LogP contribution in [0.15, 0.2) is 140 Å². The number of hydrogen-bond donors (Lipinski definition) is 0. The molecule has 5 heteroatoms. The number of para-hydroxylation sites is 4. The quantitative estimate of drug-likeness (QED) is 0.169. The van der Waals surface area contributed by atoms with Gasteiger partial charge in [-0.1, -0.05) is 103 Å². The topological polar surface area (TPSA) is 61.0 Å². The lowest BCUT2D eigenvalue weighted by Gasteiger charge is -2.13. The molecule has 1 aromatic heterocycles. The van der Waals surface area contributed by atoms with Crippen molar-refractivity contribution in [1.82, 2.24) is 9.55 Å². The highest BCUT2D eigenvalue weighted by Crippen LogP contribution is 2.39. The van der Waals surface area contributed by atoms with Gasteiger partial charge in [0, 0.05) is 17.3 Å². The van der Waals surface area contributed by atoms with E-state index in [2.05, 4.69) is 59.2 Å². The molecule has 0 aliphatic carbocycles. The number of benzene rings is 6. The number of hydrogen-bond acceptors (Lipinski definition) is 3. The molecule has 0 amide bonds. The lowest BCUT2D eigenvalue weighted by molar-refractivity contribution is -0.384. The predicted molar refractivity (Wildman–Crippen MR) is 162 cm³/mol. The number of nitro groups is 1. The van der Waals surface area contributed by atoms with Crippen molar-refractivity contribution < 1.29 is 4.92 Å². The zero-order valence-electron chi connectivity index (χ0n) is 21.4. The van der Waals surface area contributed by atoms with E-state index in [1.54, 1.807) is 12.1 Å². The van der Waals surface area contributed by atoms with Crippen molar-refractivity contribution in [1.29, 1.82) is 0 Å². The fourth-order valence-corrected chi connectivity index (χ4v) is 5.50. The van der Waals surface area contributed by atoms with Crippen molar-refractivity contribution in [2.75, 3.05) is 0 Å². The van der Waals surface area contributed by atoms with Gasteiger partial charge in [-0.3, -0.25) is 14.7 Å². The SMILES string of the molecule is O=[N+]([O-])c1ccccc1-c1ccc(-c2ccc(-c3nc4ccccc4n3-c3ccccc3)cc2)c2ccccc12. The Kier molecular flexibility index (Phi) is 5.68. The Morgan fingerprint density at radius 3 is 1.93 bits per heavy atom. The van der Waals surface area contributed by atoms with Gasteiger partial charge in [-0.2, -0.15) is 0 Å². The smallest absolute Gasteiger partial charge is 0.277 e. The molecule has 0 fully saturated rings. The summed E-state index contributed by atoms with van der Waals surface area (Å²) in [6.07, 6.45) is 0. The number of fused-ring (bicyclic) bond motifs is 2. The van der Waals surface area contributed by atoms with Crippen molar-refractivity contribution in [3.63, 3.8) is 0 Å². The van der Waals surface area contributed by atoms with Gasteiger partial charge in [0.25, 0.3) is 5.69 Å². The van der Waals surface area contributed by atoms with Crippen LogP contribution >= 0.6 is 0 Å². The number of imidazole rings is 1. The minimum absolute atomic E-state index is 0.103. The number of aromatic nitrogens is 2. The molecule has 6 aromatic carbocycles. The van der Waals surface area contributed by atoms with Crippen molar-refractivity contribution in [2.45, 2.75) is 0 Å². The highest BCUT2D eigenvalue weighted by atomic mass is 16.6. The van der Waals surface area contributed by atoms with Gasteiger partial charge in [-0.15, -0.1) is 0 Å². The summed E-state index contributed by atoms with van der Waals surface area (Å²) in [7, 11) is 0. The van der Waals surface area contributed by atoms with E-state index in [-0.39, 0.29) is 10.6 Å². The van der Waals surface area contributed by atoms with Crippen LogP contribution in [0.25, 0.3) is 61.1 Å². The first-order valence-corrected chi connectivity index (χ1v) is 13.1. The van der Waals surface area contributed by atoms with E-state index >= 15 is 0 Å². The van der Waals surface area contributed by atoms with Crippen LogP contribution in [0, 0.1) is 10.1 Å². The van der Waals surface area contributed by atoms with Crippen LogP contribution in [-0.2, 0) is 0 Å². The molecule has 0 bridgehead atoms. The van der Waals surface area contributed by atoms with Crippen molar-refractivity contribution >= 4 is 27.5 Å². The Morgan fingerprint density at radius 1 is 0.550 bits per heavy atom. The molecule has 0 saturated heterocycles. The van der Waals surface area contributed by atoms with Crippen LogP contribution in [0.4, 0.5) is 5.69 Å². The fourth-order valence-electron chi connectivity index (χ4n) is 5.50. The van der Waals surface area contributed by atoms with Crippen LogP contribution in [0.5, 0.6) is 0 Å². The highest BCUT2D eigenvalue weighted by Gasteiger charge is 2.18. The van der Waals surface area contributed by atoms with E-state index in [1.807, 2.05) is 72.8 Å². The van der Waals surface area contributed by atoms with E-state index in [9.17, 15) is 10.1 Å². The van der Waals surface area contributed by atoms with Crippen molar-refractivity contribution in [3.8, 4) is 39.3 Å². The molecule has 0 unspecified atom stereocenters. The summed E-state index contributed by atoms with van der Waals surface area (Å²) in [5, 5.41) is 13.8. The first kappa shape index (κ1) is 23.6. The molecule has 0 aliphatic rings. The summed E-state index contributed by atoms with van der Waals surface area (Å²) in [5.41, 5.74) is 7.79. The molecular weight excluding hydrogens is 494 g/mol. The Balaban J connectivity index is 1.35. The monoisotopic (exact) mass is 517 g/mol. The Bertz CT molecular complexity index is 2030. The third kappa shape index (κ3) is 3.92.